The molecule has 1 unspecified atom stereocenters. The highest BCUT2D eigenvalue weighted by Gasteiger charge is 2.30. The maximum atomic E-state index is 12.7. The fourth-order valence-electron chi connectivity index (χ4n) is 3.15. The Hall–Kier alpha value is -2.18. The van der Waals surface area contributed by atoms with Gasteiger partial charge in [0.2, 0.25) is 15.9 Å². The normalized spacial score (nSPS) is 18.7. The molecule has 1 aliphatic heterocycles. The van der Waals surface area contributed by atoms with E-state index in [4.69, 9.17) is 0 Å². The number of anilines is 1. The minimum Gasteiger partial charge on any atom is -0.325 e. The van der Waals surface area contributed by atoms with Gasteiger partial charge in [-0.15, -0.1) is 0 Å². The Morgan fingerprint density at radius 2 is 1.76 bits per heavy atom. The molecule has 1 amide bonds. The molecule has 0 aliphatic carbocycles. The SMILES string of the molecule is CS(=O)(=O)N1CCCC(C(=O)Nc2ccccc2-c2ccccc2)C1. The van der Waals surface area contributed by atoms with Crippen LogP contribution in [-0.2, 0) is 14.8 Å². The lowest BCUT2D eigenvalue weighted by Crippen LogP contribution is -2.43. The zero-order valence-corrected chi connectivity index (χ0v) is 15.0. The Bertz CT molecular complexity index is 850. The third-order valence-corrected chi connectivity index (χ3v) is 5.76. The fraction of sp³-hybridized carbons (Fsp3) is 0.316. The van der Waals surface area contributed by atoms with E-state index in [0.717, 1.165) is 16.8 Å². The van der Waals surface area contributed by atoms with Crippen LogP contribution in [0.4, 0.5) is 5.69 Å². The van der Waals surface area contributed by atoms with Crippen LogP contribution in [-0.4, -0.2) is 38.0 Å². The van der Waals surface area contributed by atoms with Gasteiger partial charge in [0.15, 0.2) is 0 Å². The molecule has 2 aromatic carbocycles. The number of piperidine rings is 1. The van der Waals surface area contributed by atoms with E-state index in [1.165, 1.54) is 10.6 Å². The van der Waals surface area contributed by atoms with Gasteiger partial charge in [0.25, 0.3) is 0 Å². The molecule has 3 rings (SSSR count). The third-order valence-electron chi connectivity index (χ3n) is 4.49. The van der Waals surface area contributed by atoms with Crippen molar-refractivity contribution in [3.05, 3.63) is 54.6 Å². The first-order valence-corrected chi connectivity index (χ1v) is 10.2. The zero-order chi connectivity index (χ0) is 17.9. The maximum absolute atomic E-state index is 12.7. The lowest BCUT2D eigenvalue weighted by Gasteiger charge is -2.30. The molecule has 1 fully saturated rings. The topological polar surface area (TPSA) is 66.5 Å². The number of hydrogen-bond acceptors (Lipinski definition) is 3. The number of nitrogens with one attached hydrogen (secondary N) is 1. The van der Waals surface area contributed by atoms with Crippen LogP contribution in [0.3, 0.4) is 0 Å². The van der Waals surface area contributed by atoms with Gasteiger partial charge in [0.05, 0.1) is 12.2 Å². The van der Waals surface area contributed by atoms with E-state index >= 15 is 0 Å². The summed E-state index contributed by atoms with van der Waals surface area (Å²) in [5.74, 6) is -0.455. The predicted octanol–water partition coefficient (Wildman–Crippen LogP) is 2.96. The van der Waals surface area contributed by atoms with Gasteiger partial charge >= 0.3 is 0 Å². The minimum absolute atomic E-state index is 0.128. The summed E-state index contributed by atoms with van der Waals surface area (Å²) >= 11 is 0. The van der Waals surface area contributed by atoms with Gasteiger partial charge in [0, 0.05) is 24.3 Å². The summed E-state index contributed by atoms with van der Waals surface area (Å²) in [4.78, 5) is 12.7. The van der Waals surface area contributed by atoms with Gasteiger partial charge in [-0.2, -0.15) is 0 Å². The average molecular weight is 358 g/mol. The molecule has 0 aromatic heterocycles. The molecule has 0 spiro atoms. The first kappa shape index (κ1) is 17.6. The molecular weight excluding hydrogens is 336 g/mol. The summed E-state index contributed by atoms with van der Waals surface area (Å²) < 4.78 is 24.9. The highest BCUT2D eigenvalue weighted by atomic mass is 32.2. The van der Waals surface area contributed by atoms with Crippen LogP contribution in [0.2, 0.25) is 0 Å². The average Bonchev–Trinajstić information content (AvgIpc) is 2.62. The summed E-state index contributed by atoms with van der Waals surface area (Å²) in [5, 5.41) is 2.99. The Labute approximate surface area is 148 Å². The van der Waals surface area contributed by atoms with Crippen LogP contribution >= 0.6 is 0 Å². The molecule has 1 N–H and O–H groups in total. The summed E-state index contributed by atoms with van der Waals surface area (Å²) in [5.41, 5.74) is 2.72. The van der Waals surface area contributed by atoms with Gasteiger partial charge in [-0.1, -0.05) is 48.5 Å². The zero-order valence-electron chi connectivity index (χ0n) is 14.2. The van der Waals surface area contributed by atoms with Gasteiger partial charge in [-0.3, -0.25) is 4.79 Å². The summed E-state index contributed by atoms with van der Waals surface area (Å²) in [6, 6.07) is 17.5. The highest BCUT2D eigenvalue weighted by Crippen LogP contribution is 2.29. The molecule has 1 aliphatic rings. The molecule has 0 saturated carbocycles. The van der Waals surface area contributed by atoms with E-state index in [1.54, 1.807) is 0 Å². The first-order chi connectivity index (χ1) is 11.9. The summed E-state index contributed by atoms with van der Waals surface area (Å²) in [6.07, 6.45) is 2.59. The van der Waals surface area contributed by atoms with E-state index in [1.807, 2.05) is 54.6 Å². The van der Waals surface area contributed by atoms with Crippen molar-refractivity contribution >= 4 is 21.6 Å². The number of carbonyl (C=O) groups excluding carboxylic acids is 1. The summed E-state index contributed by atoms with van der Waals surface area (Å²) in [6.45, 7) is 0.737. The van der Waals surface area contributed by atoms with E-state index in [2.05, 4.69) is 5.32 Å². The monoisotopic (exact) mass is 358 g/mol. The quantitative estimate of drug-likeness (QED) is 0.914. The number of sulfonamides is 1. The van der Waals surface area contributed by atoms with Crippen LogP contribution in [0.25, 0.3) is 11.1 Å². The van der Waals surface area contributed by atoms with Crippen LogP contribution in [0.5, 0.6) is 0 Å². The molecule has 132 valence electrons. The van der Waals surface area contributed by atoms with Crippen molar-refractivity contribution in [1.29, 1.82) is 0 Å². The standard InChI is InChI=1S/C19H22N2O3S/c1-25(23,24)21-13-7-10-16(14-21)19(22)20-18-12-6-5-11-17(18)15-8-3-2-4-9-15/h2-6,8-9,11-12,16H,7,10,13-14H2,1H3,(H,20,22). The number of hydrogen-bond donors (Lipinski definition) is 1. The molecule has 1 saturated heterocycles. The van der Waals surface area contributed by atoms with E-state index in [9.17, 15) is 13.2 Å². The fourth-order valence-corrected chi connectivity index (χ4v) is 4.07. The lowest BCUT2D eigenvalue weighted by atomic mass is 9.98. The molecule has 1 heterocycles. The molecule has 1 atom stereocenters. The van der Waals surface area contributed by atoms with E-state index in [0.29, 0.717) is 19.4 Å². The molecule has 0 radical (unpaired) electrons. The second kappa shape index (κ2) is 7.37. The van der Waals surface area contributed by atoms with Crippen LogP contribution < -0.4 is 5.32 Å². The molecule has 6 heteroatoms. The maximum Gasteiger partial charge on any atom is 0.228 e. The molecule has 5 nitrogen and oxygen atoms in total. The number of para-hydroxylation sites is 1. The van der Waals surface area contributed by atoms with Crippen molar-refractivity contribution in [2.75, 3.05) is 24.7 Å². The van der Waals surface area contributed by atoms with Crippen LogP contribution in [0, 0.1) is 5.92 Å². The van der Waals surface area contributed by atoms with Crippen molar-refractivity contribution in [3.8, 4) is 11.1 Å². The van der Waals surface area contributed by atoms with E-state index < -0.39 is 10.0 Å². The van der Waals surface area contributed by atoms with Gasteiger partial charge in [0.1, 0.15) is 0 Å². The molecule has 2 aromatic rings. The first-order valence-electron chi connectivity index (χ1n) is 8.35. The van der Waals surface area contributed by atoms with Gasteiger partial charge in [-0.05, 0) is 24.5 Å². The van der Waals surface area contributed by atoms with Gasteiger partial charge < -0.3 is 5.32 Å². The van der Waals surface area contributed by atoms with Crippen molar-refractivity contribution in [2.24, 2.45) is 5.92 Å². The van der Waals surface area contributed by atoms with Gasteiger partial charge in [-0.25, -0.2) is 12.7 Å². The third kappa shape index (κ3) is 4.27. The lowest BCUT2D eigenvalue weighted by molar-refractivity contribution is -0.120. The second-order valence-corrected chi connectivity index (χ2v) is 8.34. The van der Waals surface area contributed by atoms with Crippen molar-refractivity contribution in [1.82, 2.24) is 4.31 Å². The number of benzene rings is 2. The Morgan fingerprint density at radius 3 is 2.48 bits per heavy atom. The Kier molecular flexibility index (Phi) is 5.20. The second-order valence-electron chi connectivity index (χ2n) is 6.36. The van der Waals surface area contributed by atoms with Crippen LogP contribution in [0.15, 0.2) is 54.6 Å². The molecular formula is C19H22N2O3S. The van der Waals surface area contributed by atoms with Crippen LogP contribution in [0.1, 0.15) is 12.8 Å². The largest absolute Gasteiger partial charge is 0.325 e. The predicted molar refractivity (Wildman–Crippen MR) is 99.6 cm³/mol. The molecule has 0 bridgehead atoms. The highest BCUT2D eigenvalue weighted by molar-refractivity contribution is 7.88. The Balaban J connectivity index is 1.78. The smallest absolute Gasteiger partial charge is 0.228 e. The Morgan fingerprint density at radius 1 is 1.08 bits per heavy atom. The van der Waals surface area contributed by atoms with E-state index in [-0.39, 0.29) is 18.4 Å². The summed E-state index contributed by atoms with van der Waals surface area (Å²) in [7, 11) is -3.26. The van der Waals surface area contributed by atoms with Crippen molar-refractivity contribution in [2.45, 2.75) is 12.8 Å². The minimum atomic E-state index is -3.26. The number of carbonyl (C=O) groups is 1. The number of amides is 1. The van der Waals surface area contributed by atoms with Crippen molar-refractivity contribution < 1.29 is 13.2 Å². The number of rotatable bonds is 4. The molecule has 25 heavy (non-hydrogen) atoms. The number of nitrogens with zero attached hydrogens (tertiary/aromatic N) is 1. The van der Waals surface area contributed by atoms with Crippen molar-refractivity contribution in [3.63, 3.8) is 0 Å².